The van der Waals surface area contributed by atoms with E-state index in [9.17, 15) is 4.79 Å². The van der Waals surface area contributed by atoms with E-state index in [4.69, 9.17) is 0 Å². The van der Waals surface area contributed by atoms with E-state index in [1.54, 1.807) is 23.1 Å². The average Bonchev–Trinajstić information content (AvgIpc) is 2.98. The first kappa shape index (κ1) is 13.5. The summed E-state index contributed by atoms with van der Waals surface area (Å²) in [7, 11) is 0. The van der Waals surface area contributed by atoms with Gasteiger partial charge in [0, 0.05) is 10.6 Å². The maximum atomic E-state index is 11.7. The van der Waals surface area contributed by atoms with E-state index >= 15 is 0 Å². The molecule has 2 aromatic heterocycles. The Kier molecular flexibility index (Phi) is 5.15. The summed E-state index contributed by atoms with van der Waals surface area (Å²) in [5.74, 6) is 0.984. The molecule has 2 heterocycles. The maximum absolute atomic E-state index is 11.7. The molecule has 1 amide bonds. The molecule has 18 heavy (non-hydrogen) atoms. The zero-order chi connectivity index (χ0) is 12.8. The van der Waals surface area contributed by atoms with Crippen molar-refractivity contribution >= 4 is 45.5 Å². The smallest absolute Gasteiger partial charge is 0.231 e. The first-order valence-corrected chi connectivity index (χ1v) is 8.24. The minimum absolute atomic E-state index is 0.0411. The number of nitrogens with zero attached hydrogens (tertiary/aromatic N) is 2. The molecule has 2 rings (SSSR count). The Hall–Kier alpha value is -0.920. The van der Waals surface area contributed by atoms with Gasteiger partial charge in [-0.1, -0.05) is 36.1 Å². The Labute approximate surface area is 118 Å². The van der Waals surface area contributed by atoms with Crippen molar-refractivity contribution in [2.75, 3.05) is 11.1 Å². The fourth-order valence-electron chi connectivity index (χ4n) is 1.24. The molecule has 0 aromatic carbocycles. The molecule has 0 fully saturated rings. The van der Waals surface area contributed by atoms with E-state index in [1.165, 1.54) is 11.3 Å². The number of rotatable bonds is 6. The average molecular weight is 299 g/mol. The summed E-state index contributed by atoms with van der Waals surface area (Å²) < 4.78 is 0.906. The van der Waals surface area contributed by atoms with Crippen molar-refractivity contribution in [3.63, 3.8) is 0 Å². The summed E-state index contributed by atoms with van der Waals surface area (Å²) in [6, 6.07) is 3.89. The topological polar surface area (TPSA) is 54.9 Å². The number of anilines is 1. The number of carbonyl (C=O) groups is 1. The van der Waals surface area contributed by atoms with Crippen molar-refractivity contribution < 1.29 is 4.79 Å². The monoisotopic (exact) mass is 299 g/mol. The van der Waals surface area contributed by atoms with Gasteiger partial charge in [0.25, 0.3) is 0 Å². The van der Waals surface area contributed by atoms with Crippen LogP contribution in [-0.2, 0) is 11.2 Å². The van der Waals surface area contributed by atoms with Crippen LogP contribution in [0, 0.1) is 0 Å². The number of hydrogen-bond donors (Lipinski definition) is 1. The van der Waals surface area contributed by atoms with Gasteiger partial charge in [-0.3, -0.25) is 4.79 Å². The second kappa shape index (κ2) is 6.86. The molecule has 4 nitrogen and oxygen atoms in total. The second-order valence-corrected chi connectivity index (χ2v) is 6.88. The van der Waals surface area contributed by atoms with Gasteiger partial charge in [0.2, 0.25) is 11.0 Å². The molecule has 0 saturated heterocycles. The van der Waals surface area contributed by atoms with Crippen molar-refractivity contribution in [3.05, 3.63) is 22.4 Å². The fourth-order valence-corrected chi connectivity index (χ4v) is 3.64. The lowest BCUT2D eigenvalue weighted by Gasteiger charge is -1.98. The first-order chi connectivity index (χ1) is 8.78. The van der Waals surface area contributed by atoms with Gasteiger partial charge in [-0.05, 0) is 17.9 Å². The Balaban J connectivity index is 1.85. The highest BCUT2D eigenvalue weighted by Crippen LogP contribution is 2.25. The fraction of sp³-hybridized carbons (Fsp3) is 0.364. The van der Waals surface area contributed by atoms with Crippen molar-refractivity contribution in [1.29, 1.82) is 0 Å². The summed E-state index contributed by atoms with van der Waals surface area (Å²) >= 11 is 4.68. The Morgan fingerprint density at radius 1 is 1.50 bits per heavy atom. The summed E-state index contributed by atoms with van der Waals surface area (Å²) in [5.41, 5.74) is 0. The summed E-state index contributed by atoms with van der Waals surface area (Å²) in [6.45, 7) is 2.12. The molecule has 0 aliphatic heterocycles. The predicted molar refractivity (Wildman–Crippen MR) is 77.6 cm³/mol. The molecule has 1 N–H and O–H groups in total. The van der Waals surface area contributed by atoms with E-state index in [1.807, 2.05) is 17.5 Å². The van der Waals surface area contributed by atoms with Crippen LogP contribution in [0.4, 0.5) is 5.13 Å². The van der Waals surface area contributed by atoms with Crippen LogP contribution in [0.3, 0.4) is 0 Å². The van der Waals surface area contributed by atoms with Gasteiger partial charge in [0.15, 0.2) is 4.34 Å². The lowest BCUT2D eigenvalue weighted by atomic mass is 10.3. The predicted octanol–water partition coefficient (Wildman–Crippen LogP) is 3.28. The molecule has 0 saturated carbocycles. The van der Waals surface area contributed by atoms with E-state index < -0.39 is 0 Å². The van der Waals surface area contributed by atoms with Gasteiger partial charge < -0.3 is 5.32 Å². The largest absolute Gasteiger partial charge is 0.300 e. The third kappa shape index (κ3) is 4.08. The number of amides is 1. The van der Waals surface area contributed by atoms with Crippen molar-refractivity contribution in [1.82, 2.24) is 10.2 Å². The van der Waals surface area contributed by atoms with Crippen LogP contribution in [0.2, 0.25) is 0 Å². The number of hydrogen-bond acceptors (Lipinski definition) is 6. The molecule has 0 unspecified atom stereocenters. The van der Waals surface area contributed by atoms with Crippen LogP contribution in [0.25, 0.3) is 0 Å². The molecule has 0 atom stereocenters. The highest BCUT2D eigenvalue weighted by atomic mass is 32.2. The normalized spacial score (nSPS) is 10.5. The Morgan fingerprint density at radius 2 is 2.39 bits per heavy atom. The lowest BCUT2D eigenvalue weighted by molar-refractivity contribution is -0.115. The van der Waals surface area contributed by atoms with Crippen molar-refractivity contribution in [2.24, 2.45) is 0 Å². The van der Waals surface area contributed by atoms with Crippen LogP contribution < -0.4 is 5.32 Å². The minimum Gasteiger partial charge on any atom is -0.300 e. The Morgan fingerprint density at radius 3 is 3.11 bits per heavy atom. The van der Waals surface area contributed by atoms with Gasteiger partial charge in [-0.25, -0.2) is 0 Å². The van der Waals surface area contributed by atoms with Crippen LogP contribution >= 0.6 is 34.4 Å². The SMILES string of the molecule is CCCSc1nnc(NC(=O)Cc2cccs2)s1. The second-order valence-electron chi connectivity index (χ2n) is 3.53. The van der Waals surface area contributed by atoms with Gasteiger partial charge in [0.1, 0.15) is 0 Å². The Bertz CT molecular complexity index is 495. The van der Waals surface area contributed by atoms with Crippen molar-refractivity contribution in [3.8, 4) is 0 Å². The minimum atomic E-state index is -0.0411. The van der Waals surface area contributed by atoms with Crippen molar-refractivity contribution in [2.45, 2.75) is 24.1 Å². The molecular weight excluding hydrogens is 286 g/mol. The quantitative estimate of drug-likeness (QED) is 0.657. The highest BCUT2D eigenvalue weighted by Gasteiger charge is 2.09. The number of thioether (sulfide) groups is 1. The first-order valence-electron chi connectivity index (χ1n) is 5.56. The van der Waals surface area contributed by atoms with Crippen LogP contribution in [-0.4, -0.2) is 21.9 Å². The van der Waals surface area contributed by atoms with Gasteiger partial charge in [-0.15, -0.1) is 21.5 Å². The van der Waals surface area contributed by atoms with Gasteiger partial charge in [0.05, 0.1) is 6.42 Å². The molecule has 0 aliphatic carbocycles. The molecule has 7 heteroatoms. The number of nitrogens with one attached hydrogen (secondary N) is 1. The molecule has 96 valence electrons. The molecule has 0 radical (unpaired) electrons. The summed E-state index contributed by atoms with van der Waals surface area (Å²) in [6.07, 6.45) is 1.50. The lowest BCUT2D eigenvalue weighted by Crippen LogP contribution is -2.13. The zero-order valence-electron chi connectivity index (χ0n) is 9.88. The molecule has 0 aliphatic rings. The number of aromatic nitrogens is 2. The van der Waals surface area contributed by atoms with E-state index in [0.29, 0.717) is 11.6 Å². The van der Waals surface area contributed by atoms with Gasteiger partial charge >= 0.3 is 0 Å². The summed E-state index contributed by atoms with van der Waals surface area (Å²) in [5, 5.41) is 13.3. The van der Waals surface area contributed by atoms with Crippen LogP contribution in [0.15, 0.2) is 21.9 Å². The number of carbonyl (C=O) groups excluding carboxylic acids is 1. The van der Waals surface area contributed by atoms with Crippen LogP contribution in [0.5, 0.6) is 0 Å². The van der Waals surface area contributed by atoms with E-state index in [0.717, 1.165) is 21.4 Å². The summed E-state index contributed by atoms with van der Waals surface area (Å²) in [4.78, 5) is 12.8. The van der Waals surface area contributed by atoms with E-state index in [-0.39, 0.29) is 5.91 Å². The third-order valence-electron chi connectivity index (χ3n) is 2.00. The maximum Gasteiger partial charge on any atom is 0.231 e. The highest BCUT2D eigenvalue weighted by molar-refractivity contribution is 8.01. The van der Waals surface area contributed by atoms with E-state index in [2.05, 4.69) is 22.4 Å². The number of thiophene rings is 1. The third-order valence-corrected chi connectivity index (χ3v) is 5.05. The zero-order valence-corrected chi connectivity index (χ0v) is 12.3. The van der Waals surface area contributed by atoms with Gasteiger partial charge in [-0.2, -0.15) is 0 Å². The molecule has 0 spiro atoms. The molecule has 2 aromatic rings. The molecular formula is C11H13N3OS3. The van der Waals surface area contributed by atoms with Crippen LogP contribution in [0.1, 0.15) is 18.2 Å². The standard InChI is InChI=1S/C11H13N3OS3/c1-2-5-17-11-14-13-10(18-11)12-9(15)7-8-4-3-6-16-8/h3-4,6H,2,5,7H2,1H3,(H,12,13,15). The molecule has 0 bridgehead atoms.